The molecule has 0 spiro atoms. The highest BCUT2D eigenvalue weighted by molar-refractivity contribution is 7.85. The Kier molecular flexibility index (Phi) is 6.66. The van der Waals surface area contributed by atoms with Crippen molar-refractivity contribution in [1.29, 1.82) is 0 Å². The third kappa shape index (κ3) is 4.87. The maximum Gasteiger partial charge on any atom is 0.328 e. The van der Waals surface area contributed by atoms with Gasteiger partial charge in [-0.05, 0) is 28.8 Å². The first-order chi connectivity index (χ1) is 12.0. The molecule has 1 atom stereocenters. The lowest BCUT2D eigenvalue weighted by molar-refractivity contribution is -0.788. The molecule has 132 valence electrons. The Bertz CT molecular complexity index is 832. The highest BCUT2D eigenvalue weighted by Gasteiger charge is 2.27. The number of quaternary nitrogens is 1. The summed E-state index contributed by atoms with van der Waals surface area (Å²) < 4.78 is 25.6. The van der Waals surface area contributed by atoms with Gasteiger partial charge in [0.2, 0.25) is 6.73 Å². The third-order valence-corrected chi connectivity index (χ3v) is 5.64. The van der Waals surface area contributed by atoms with Gasteiger partial charge in [0.05, 0.1) is 7.05 Å². The molecule has 0 aliphatic carbocycles. The van der Waals surface area contributed by atoms with E-state index in [1.807, 2.05) is 30.3 Å². The number of benzene rings is 2. The van der Waals surface area contributed by atoms with E-state index >= 15 is 0 Å². The lowest BCUT2D eigenvalue weighted by Crippen LogP contribution is -3.11. The van der Waals surface area contributed by atoms with E-state index in [2.05, 4.69) is 13.2 Å². The van der Waals surface area contributed by atoms with Gasteiger partial charge in [0.25, 0.3) is 0 Å². The van der Waals surface area contributed by atoms with E-state index < -0.39 is 10.0 Å². The fourth-order valence-electron chi connectivity index (χ4n) is 2.17. The molecule has 0 saturated heterocycles. The van der Waals surface area contributed by atoms with E-state index in [0.29, 0.717) is 5.56 Å². The predicted molar refractivity (Wildman–Crippen MR) is 97.9 cm³/mol. The van der Waals surface area contributed by atoms with Crippen LogP contribution >= 0.6 is 0 Å². The normalized spacial score (nSPS) is 12.5. The molecule has 0 amide bonds. The van der Waals surface area contributed by atoms with Gasteiger partial charge in [-0.3, -0.25) is 0 Å². The highest BCUT2D eigenvalue weighted by Crippen LogP contribution is 2.18. The standard InChI is InChI=1S/C19H21NO4S/c1-4-16-11-12-19(18(5-2)13-16)25(21,22)20(3)15-24-23-14-17-9-7-6-8-10-17/h4-13H,1-2,14-15H2,3H3/p+1. The molecule has 0 fully saturated rings. The lowest BCUT2D eigenvalue weighted by atomic mass is 10.1. The molecule has 25 heavy (non-hydrogen) atoms. The molecule has 0 bridgehead atoms. The Hall–Kier alpha value is -2.25. The predicted octanol–water partition coefficient (Wildman–Crippen LogP) is 2.28. The minimum Gasteiger partial charge on any atom is -0.227 e. The summed E-state index contributed by atoms with van der Waals surface area (Å²) in [5.74, 6) is 0. The second-order valence-electron chi connectivity index (χ2n) is 5.42. The SMILES string of the molecule is C=Cc1ccc(S(=O)(=O)[NH+](C)COOCc2ccccc2)c(C=C)c1. The molecule has 0 aromatic heterocycles. The van der Waals surface area contributed by atoms with E-state index in [1.165, 1.54) is 13.1 Å². The van der Waals surface area contributed by atoms with E-state index in [9.17, 15) is 8.42 Å². The molecule has 6 heteroatoms. The van der Waals surface area contributed by atoms with E-state index in [1.54, 1.807) is 24.3 Å². The van der Waals surface area contributed by atoms with Gasteiger partial charge in [-0.2, -0.15) is 13.3 Å². The van der Waals surface area contributed by atoms with Gasteiger partial charge in [0, 0.05) is 0 Å². The number of nitrogens with one attached hydrogen (secondary N) is 1. The minimum absolute atomic E-state index is 0.144. The Morgan fingerprint density at radius 3 is 2.40 bits per heavy atom. The molecule has 1 N–H and O–H groups in total. The molecule has 0 radical (unpaired) electrons. The van der Waals surface area contributed by atoms with Crippen molar-refractivity contribution >= 4 is 22.2 Å². The van der Waals surface area contributed by atoms with Crippen molar-refractivity contribution in [3.8, 4) is 0 Å². The van der Waals surface area contributed by atoms with Crippen LogP contribution in [-0.2, 0) is 26.4 Å². The fraction of sp³-hybridized carbons (Fsp3) is 0.158. The molecule has 1 unspecified atom stereocenters. The average Bonchev–Trinajstić information content (AvgIpc) is 2.65. The number of hydrogen-bond donors (Lipinski definition) is 1. The van der Waals surface area contributed by atoms with Crippen molar-refractivity contribution in [3.05, 3.63) is 78.4 Å². The first-order valence-corrected chi connectivity index (χ1v) is 9.22. The van der Waals surface area contributed by atoms with Crippen molar-refractivity contribution in [1.82, 2.24) is 0 Å². The number of hydrogen-bond acceptors (Lipinski definition) is 4. The molecular weight excluding hydrogens is 338 g/mol. The first-order valence-electron chi connectivity index (χ1n) is 7.74. The van der Waals surface area contributed by atoms with Crippen molar-refractivity contribution in [2.75, 3.05) is 13.8 Å². The average molecular weight is 360 g/mol. The number of rotatable bonds is 9. The third-order valence-electron chi connectivity index (χ3n) is 3.65. The summed E-state index contributed by atoms with van der Waals surface area (Å²) in [6.07, 6.45) is 3.17. The molecule has 0 aliphatic heterocycles. The van der Waals surface area contributed by atoms with Gasteiger partial charge in [-0.25, -0.2) is 9.19 Å². The summed E-state index contributed by atoms with van der Waals surface area (Å²) in [6, 6.07) is 14.5. The van der Waals surface area contributed by atoms with Gasteiger partial charge < -0.3 is 0 Å². The van der Waals surface area contributed by atoms with Crippen LogP contribution in [0.4, 0.5) is 0 Å². The molecule has 0 saturated carbocycles. The van der Waals surface area contributed by atoms with Gasteiger partial charge in [0.15, 0.2) is 0 Å². The van der Waals surface area contributed by atoms with Crippen molar-refractivity contribution in [2.24, 2.45) is 0 Å². The topological polar surface area (TPSA) is 57.0 Å². The van der Waals surface area contributed by atoms with E-state index in [4.69, 9.17) is 9.78 Å². The summed E-state index contributed by atoms with van der Waals surface area (Å²) in [4.78, 5) is 10.4. The monoisotopic (exact) mass is 360 g/mol. The zero-order valence-corrected chi connectivity index (χ0v) is 15.0. The van der Waals surface area contributed by atoms with Crippen LogP contribution in [0.1, 0.15) is 16.7 Å². The summed E-state index contributed by atoms with van der Waals surface area (Å²) in [5.41, 5.74) is 2.30. The van der Waals surface area contributed by atoms with Crippen molar-refractivity contribution in [2.45, 2.75) is 11.5 Å². The van der Waals surface area contributed by atoms with Gasteiger partial charge in [-0.1, -0.05) is 61.7 Å². The van der Waals surface area contributed by atoms with Crippen LogP contribution in [0.3, 0.4) is 0 Å². The van der Waals surface area contributed by atoms with Crippen molar-refractivity contribution in [3.63, 3.8) is 0 Å². The first kappa shape index (κ1) is 19.1. The van der Waals surface area contributed by atoms with Crippen LogP contribution in [0.25, 0.3) is 12.2 Å². The fourth-order valence-corrected chi connectivity index (χ4v) is 3.45. The smallest absolute Gasteiger partial charge is 0.227 e. The second kappa shape index (κ2) is 8.73. The Labute approximate surface area is 148 Å². The van der Waals surface area contributed by atoms with Crippen LogP contribution in [0.5, 0.6) is 0 Å². The van der Waals surface area contributed by atoms with Gasteiger partial charge >= 0.3 is 10.0 Å². The zero-order chi connectivity index (χ0) is 18.3. The second-order valence-corrected chi connectivity index (χ2v) is 7.56. The van der Waals surface area contributed by atoms with Gasteiger partial charge in [-0.15, -0.1) is 0 Å². The summed E-state index contributed by atoms with van der Waals surface area (Å²) in [7, 11) is -2.14. The molecule has 5 nitrogen and oxygen atoms in total. The quantitative estimate of drug-likeness (QED) is 0.323. The van der Waals surface area contributed by atoms with Crippen LogP contribution in [0.2, 0.25) is 0 Å². The maximum atomic E-state index is 12.7. The molecular formula is C19H22NO4S+. The van der Waals surface area contributed by atoms with E-state index in [0.717, 1.165) is 11.1 Å². The van der Waals surface area contributed by atoms with Crippen LogP contribution in [-0.4, -0.2) is 22.2 Å². The van der Waals surface area contributed by atoms with E-state index in [-0.39, 0.29) is 22.5 Å². The molecule has 0 aliphatic rings. The molecule has 2 aromatic carbocycles. The van der Waals surface area contributed by atoms with Crippen molar-refractivity contribution < 1.29 is 22.5 Å². The van der Waals surface area contributed by atoms with Crippen LogP contribution < -0.4 is 4.31 Å². The number of sulfonamides is 1. The Balaban J connectivity index is 2.01. The summed E-state index contributed by atoms with van der Waals surface area (Å²) >= 11 is 0. The Morgan fingerprint density at radius 1 is 1.04 bits per heavy atom. The minimum atomic E-state index is -3.65. The zero-order valence-electron chi connectivity index (χ0n) is 14.1. The Morgan fingerprint density at radius 2 is 1.76 bits per heavy atom. The molecule has 2 rings (SSSR count). The maximum absolute atomic E-state index is 12.7. The largest absolute Gasteiger partial charge is 0.328 e. The lowest BCUT2D eigenvalue weighted by Gasteiger charge is -2.15. The summed E-state index contributed by atoms with van der Waals surface area (Å²) in [5, 5.41) is 0. The highest BCUT2D eigenvalue weighted by atomic mass is 32.2. The summed E-state index contributed by atoms with van der Waals surface area (Å²) in [6.45, 7) is 7.47. The molecule has 2 aromatic rings. The van der Waals surface area contributed by atoms with Crippen LogP contribution in [0, 0.1) is 0 Å². The molecule has 0 heterocycles. The van der Waals surface area contributed by atoms with Gasteiger partial charge in [0.1, 0.15) is 11.5 Å². The van der Waals surface area contributed by atoms with Crippen LogP contribution in [0.15, 0.2) is 66.6 Å².